The maximum absolute atomic E-state index is 12.8. The number of ether oxygens (including phenoxy) is 1. The molecule has 26 heavy (non-hydrogen) atoms. The van der Waals surface area contributed by atoms with Crippen molar-refractivity contribution >= 4 is 21.7 Å². The largest absolute Gasteiger partial charge is 0.492 e. The average Bonchev–Trinajstić information content (AvgIpc) is 2.62. The number of pyridine rings is 2. The van der Waals surface area contributed by atoms with Crippen LogP contribution in [0.1, 0.15) is 37.9 Å². The highest BCUT2D eigenvalue weighted by atomic mass is 16.5. The van der Waals surface area contributed by atoms with Gasteiger partial charge in [0.15, 0.2) is 0 Å². The molecule has 0 saturated carbocycles. The third-order valence-electron chi connectivity index (χ3n) is 4.71. The Morgan fingerprint density at radius 3 is 2.77 bits per heavy atom. The summed E-state index contributed by atoms with van der Waals surface area (Å²) in [5.74, 6) is 1.15. The van der Waals surface area contributed by atoms with Crippen LogP contribution in [0.5, 0.6) is 5.75 Å². The summed E-state index contributed by atoms with van der Waals surface area (Å²) in [7, 11) is 1.74. The summed E-state index contributed by atoms with van der Waals surface area (Å²) in [5, 5.41) is 11.8. The molecule has 0 aliphatic carbocycles. The van der Waals surface area contributed by atoms with Crippen LogP contribution in [0.15, 0.2) is 29.2 Å². The second-order valence-electron chi connectivity index (χ2n) is 7.04. The number of nitrogens with zero attached hydrogens (tertiary/aromatic N) is 3. The minimum absolute atomic E-state index is 0.0893. The SMILES string of the molecule is Cc1nccc2c1c(=O)n(C)c1cc(OCCCC(C)C)c(C#N)cc21. The fourth-order valence-corrected chi connectivity index (χ4v) is 3.28. The summed E-state index contributed by atoms with van der Waals surface area (Å²) in [4.78, 5) is 17.0. The molecule has 0 spiro atoms. The van der Waals surface area contributed by atoms with E-state index in [2.05, 4.69) is 24.9 Å². The molecule has 0 N–H and O–H groups in total. The minimum atomic E-state index is -0.0893. The van der Waals surface area contributed by atoms with E-state index in [9.17, 15) is 10.1 Å². The van der Waals surface area contributed by atoms with Crippen LogP contribution >= 0.6 is 0 Å². The average molecular weight is 349 g/mol. The molecule has 0 aliphatic heterocycles. The van der Waals surface area contributed by atoms with Crippen LogP contribution in [0.3, 0.4) is 0 Å². The Morgan fingerprint density at radius 2 is 2.08 bits per heavy atom. The Bertz CT molecular complexity index is 1070. The zero-order chi connectivity index (χ0) is 18.8. The third kappa shape index (κ3) is 3.15. The quantitative estimate of drug-likeness (QED) is 0.514. The van der Waals surface area contributed by atoms with Crippen molar-refractivity contribution in [2.75, 3.05) is 6.61 Å². The molecule has 0 unspecified atom stereocenters. The second-order valence-corrected chi connectivity index (χ2v) is 7.04. The predicted molar refractivity (Wildman–Crippen MR) is 104 cm³/mol. The van der Waals surface area contributed by atoms with E-state index in [4.69, 9.17) is 4.74 Å². The van der Waals surface area contributed by atoms with Crippen molar-refractivity contribution in [2.24, 2.45) is 13.0 Å². The van der Waals surface area contributed by atoms with Gasteiger partial charge in [-0.15, -0.1) is 0 Å². The molecule has 0 bridgehead atoms. The molecule has 5 nitrogen and oxygen atoms in total. The highest BCUT2D eigenvalue weighted by molar-refractivity contribution is 6.07. The number of benzene rings is 1. The van der Waals surface area contributed by atoms with Crippen LogP contribution in [0.25, 0.3) is 21.7 Å². The Morgan fingerprint density at radius 1 is 1.31 bits per heavy atom. The molecule has 0 radical (unpaired) electrons. The Labute approximate surface area is 152 Å². The lowest BCUT2D eigenvalue weighted by atomic mass is 10.0. The number of hydrogen-bond acceptors (Lipinski definition) is 4. The lowest BCUT2D eigenvalue weighted by Crippen LogP contribution is -2.18. The van der Waals surface area contributed by atoms with E-state index in [1.54, 1.807) is 23.9 Å². The Balaban J connectivity index is 2.16. The van der Waals surface area contributed by atoms with Crippen molar-refractivity contribution in [3.05, 3.63) is 46.0 Å². The molecule has 0 aliphatic rings. The first-order chi connectivity index (χ1) is 12.4. The fraction of sp³-hybridized carbons (Fsp3) is 0.381. The standard InChI is InChI=1S/C21H23N3O2/c1-13(2)6-5-9-26-19-11-18-17(10-15(19)12-22)16-7-8-23-14(3)20(16)21(25)24(18)4/h7-8,10-11,13H,5-6,9H2,1-4H3. The number of rotatable bonds is 5. The summed E-state index contributed by atoms with van der Waals surface area (Å²) in [6.45, 7) is 6.73. The van der Waals surface area contributed by atoms with Crippen molar-refractivity contribution in [1.82, 2.24) is 9.55 Å². The number of fused-ring (bicyclic) bond motifs is 3. The monoisotopic (exact) mass is 349 g/mol. The molecule has 0 amide bonds. The molecule has 5 heteroatoms. The van der Waals surface area contributed by atoms with E-state index >= 15 is 0 Å². The number of aromatic nitrogens is 2. The number of hydrogen-bond donors (Lipinski definition) is 0. The smallest absolute Gasteiger partial charge is 0.260 e. The number of aryl methyl sites for hydroxylation is 2. The topological polar surface area (TPSA) is 67.9 Å². The van der Waals surface area contributed by atoms with E-state index < -0.39 is 0 Å². The van der Waals surface area contributed by atoms with Gasteiger partial charge in [0.2, 0.25) is 0 Å². The Kier molecular flexibility index (Phi) is 4.94. The van der Waals surface area contributed by atoms with Crippen LogP contribution < -0.4 is 10.3 Å². The van der Waals surface area contributed by atoms with Crippen LogP contribution in [-0.4, -0.2) is 16.2 Å². The van der Waals surface area contributed by atoms with Gasteiger partial charge in [0.05, 0.1) is 28.8 Å². The van der Waals surface area contributed by atoms with Gasteiger partial charge in [0, 0.05) is 24.7 Å². The van der Waals surface area contributed by atoms with Crippen molar-refractivity contribution in [2.45, 2.75) is 33.6 Å². The van der Waals surface area contributed by atoms with Gasteiger partial charge in [-0.1, -0.05) is 13.8 Å². The Hall–Kier alpha value is -2.87. The molecule has 0 saturated heterocycles. The molecule has 3 rings (SSSR count). The second kappa shape index (κ2) is 7.17. The van der Waals surface area contributed by atoms with Crippen LogP contribution in [-0.2, 0) is 7.05 Å². The fourth-order valence-electron chi connectivity index (χ4n) is 3.28. The summed E-state index contributed by atoms with van der Waals surface area (Å²) < 4.78 is 7.47. The van der Waals surface area contributed by atoms with E-state index in [1.165, 1.54) is 0 Å². The first kappa shape index (κ1) is 17.9. The molecular formula is C21H23N3O2. The van der Waals surface area contributed by atoms with Gasteiger partial charge in [-0.2, -0.15) is 5.26 Å². The van der Waals surface area contributed by atoms with Gasteiger partial charge >= 0.3 is 0 Å². The van der Waals surface area contributed by atoms with Crippen molar-refractivity contribution < 1.29 is 4.74 Å². The maximum atomic E-state index is 12.8. The van der Waals surface area contributed by atoms with Gasteiger partial charge in [0.1, 0.15) is 11.8 Å². The molecule has 0 atom stereocenters. The lowest BCUT2D eigenvalue weighted by molar-refractivity contribution is 0.297. The molecule has 134 valence electrons. The third-order valence-corrected chi connectivity index (χ3v) is 4.71. The normalized spacial score (nSPS) is 11.2. The highest BCUT2D eigenvalue weighted by Crippen LogP contribution is 2.30. The van der Waals surface area contributed by atoms with Crippen molar-refractivity contribution in [1.29, 1.82) is 5.26 Å². The molecule has 2 aromatic heterocycles. The van der Waals surface area contributed by atoms with E-state index in [0.717, 1.165) is 29.1 Å². The molecule has 2 heterocycles. The number of nitriles is 1. The molecule has 1 aromatic carbocycles. The molecular weight excluding hydrogens is 326 g/mol. The van der Waals surface area contributed by atoms with Gasteiger partial charge < -0.3 is 9.30 Å². The first-order valence-electron chi connectivity index (χ1n) is 8.89. The highest BCUT2D eigenvalue weighted by Gasteiger charge is 2.15. The zero-order valence-corrected chi connectivity index (χ0v) is 15.7. The molecule has 3 aromatic rings. The minimum Gasteiger partial charge on any atom is -0.492 e. The first-order valence-corrected chi connectivity index (χ1v) is 8.89. The zero-order valence-electron chi connectivity index (χ0n) is 15.7. The predicted octanol–water partition coefficient (Wildman–Crippen LogP) is 4.08. The van der Waals surface area contributed by atoms with E-state index in [0.29, 0.717) is 34.9 Å². The van der Waals surface area contributed by atoms with Gasteiger partial charge in [-0.3, -0.25) is 9.78 Å². The summed E-state index contributed by atoms with van der Waals surface area (Å²) in [5.41, 5.74) is 1.84. The molecule has 0 fully saturated rings. The van der Waals surface area contributed by atoms with Crippen LogP contribution in [0.4, 0.5) is 0 Å². The van der Waals surface area contributed by atoms with Gasteiger partial charge in [0.25, 0.3) is 5.56 Å². The van der Waals surface area contributed by atoms with Crippen molar-refractivity contribution in [3.8, 4) is 11.8 Å². The van der Waals surface area contributed by atoms with Crippen molar-refractivity contribution in [3.63, 3.8) is 0 Å². The maximum Gasteiger partial charge on any atom is 0.260 e. The van der Waals surface area contributed by atoms with Crippen LogP contribution in [0, 0.1) is 24.2 Å². The summed E-state index contributed by atoms with van der Waals surface area (Å²) in [6, 6.07) is 7.67. The van der Waals surface area contributed by atoms with Gasteiger partial charge in [-0.05, 0) is 43.2 Å². The van der Waals surface area contributed by atoms with Crippen LogP contribution in [0.2, 0.25) is 0 Å². The van der Waals surface area contributed by atoms with E-state index in [-0.39, 0.29) is 5.56 Å². The summed E-state index contributed by atoms with van der Waals surface area (Å²) >= 11 is 0. The lowest BCUT2D eigenvalue weighted by Gasteiger charge is -2.14. The van der Waals surface area contributed by atoms with Gasteiger partial charge in [-0.25, -0.2) is 0 Å². The summed E-state index contributed by atoms with van der Waals surface area (Å²) in [6.07, 6.45) is 3.70. The van der Waals surface area contributed by atoms with E-state index in [1.807, 2.05) is 19.1 Å².